The molecule has 1 aliphatic carbocycles. The molecule has 0 fully saturated rings. The highest BCUT2D eigenvalue weighted by atomic mass is 16.6. The number of oxime groups is 1. The van der Waals surface area contributed by atoms with E-state index in [-0.39, 0.29) is 5.41 Å². The second kappa shape index (κ2) is 7.82. The number of nitrogens with zero attached hydrogens (tertiary/aromatic N) is 2. The zero-order chi connectivity index (χ0) is 21.3. The summed E-state index contributed by atoms with van der Waals surface area (Å²) >= 11 is 0. The van der Waals surface area contributed by atoms with Crippen LogP contribution < -0.4 is 5.73 Å². The molecule has 0 aliphatic heterocycles. The minimum atomic E-state index is -0.418. The maximum absolute atomic E-state index is 11.4. The van der Waals surface area contributed by atoms with Crippen molar-refractivity contribution in [2.24, 2.45) is 16.3 Å². The Morgan fingerprint density at radius 1 is 1.10 bits per heavy atom. The first-order valence-corrected chi connectivity index (χ1v) is 10.2. The van der Waals surface area contributed by atoms with Gasteiger partial charge in [0, 0.05) is 28.2 Å². The molecule has 0 saturated heterocycles. The fraction of sp³-hybridized carbons (Fsp3) is 0.280. The highest BCUT2D eigenvalue weighted by Gasteiger charge is 2.33. The summed E-state index contributed by atoms with van der Waals surface area (Å²) in [6, 6.07) is 19.7. The molecule has 0 atom stereocenters. The molecule has 3 aromatic rings. The second-order valence-electron chi connectivity index (χ2n) is 8.71. The number of primary amides is 1. The van der Waals surface area contributed by atoms with Crippen LogP contribution in [0.1, 0.15) is 53.1 Å². The van der Waals surface area contributed by atoms with Gasteiger partial charge in [0.25, 0.3) is 0 Å². The van der Waals surface area contributed by atoms with Gasteiger partial charge >= 0.3 is 0 Å². The Kier molecular flexibility index (Phi) is 5.20. The maximum atomic E-state index is 11.4. The summed E-state index contributed by atoms with van der Waals surface area (Å²) < 4.78 is 2.24. The van der Waals surface area contributed by atoms with Crippen LogP contribution in [-0.4, -0.2) is 16.2 Å². The van der Waals surface area contributed by atoms with E-state index in [2.05, 4.69) is 36.6 Å². The lowest BCUT2D eigenvalue weighted by atomic mass is 9.76. The van der Waals surface area contributed by atoms with Gasteiger partial charge < -0.3 is 15.1 Å². The van der Waals surface area contributed by atoms with Crippen molar-refractivity contribution in [3.63, 3.8) is 0 Å². The average molecular weight is 402 g/mol. The van der Waals surface area contributed by atoms with Crippen molar-refractivity contribution in [1.82, 2.24) is 4.57 Å². The zero-order valence-electron chi connectivity index (χ0n) is 17.7. The third kappa shape index (κ3) is 4.01. The summed E-state index contributed by atoms with van der Waals surface area (Å²) in [6.07, 6.45) is 1.80. The van der Waals surface area contributed by atoms with E-state index < -0.39 is 5.91 Å². The first kappa shape index (κ1) is 20.0. The first-order chi connectivity index (χ1) is 14.3. The second-order valence-corrected chi connectivity index (χ2v) is 8.71. The molecular weight excluding hydrogens is 374 g/mol. The third-order valence-corrected chi connectivity index (χ3v) is 5.55. The predicted molar refractivity (Wildman–Crippen MR) is 119 cm³/mol. The highest BCUT2D eigenvalue weighted by Crippen LogP contribution is 2.38. The number of benzene rings is 2. The molecule has 5 nitrogen and oxygen atoms in total. The molecule has 1 aliphatic rings. The van der Waals surface area contributed by atoms with Crippen LogP contribution in [-0.2, 0) is 17.9 Å². The van der Waals surface area contributed by atoms with E-state index in [1.165, 1.54) is 5.69 Å². The number of carbonyl (C=O) groups is 1. The molecule has 0 bridgehead atoms. The zero-order valence-corrected chi connectivity index (χ0v) is 17.7. The van der Waals surface area contributed by atoms with Crippen LogP contribution in [0.15, 0.2) is 65.8 Å². The van der Waals surface area contributed by atoms with Gasteiger partial charge in [-0.1, -0.05) is 49.3 Å². The van der Waals surface area contributed by atoms with E-state index in [0.717, 1.165) is 41.1 Å². The van der Waals surface area contributed by atoms with Crippen molar-refractivity contribution in [1.29, 1.82) is 0 Å². The van der Waals surface area contributed by atoms with Crippen molar-refractivity contribution in [3.05, 3.63) is 88.7 Å². The smallest absolute Gasteiger partial charge is 0.248 e. The molecule has 2 N–H and O–H groups in total. The van der Waals surface area contributed by atoms with Gasteiger partial charge in [-0.25, -0.2) is 0 Å². The Balaban J connectivity index is 1.68. The molecule has 0 unspecified atom stereocenters. The molecule has 0 spiro atoms. The number of aromatic nitrogens is 1. The molecule has 1 aromatic heterocycles. The number of aryl methyl sites for hydroxylation is 1. The van der Waals surface area contributed by atoms with Crippen LogP contribution in [0.25, 0.3) is 5.69 Å². The number of nitrogens with two attached hydrogens (primary N) is 1. The molecular formula is C25H27N3O2. The molecule has 0 radical (unpaired) electrons. The first-order valence-electron chi connectivity index (χ1n) is 10.2. The molecule has 1 amide bonds. The Morgan fingerprint density at radius 3 is 2.47 bits per heavy atom. The molecule has 154 valence electrons. The van der Waals surface area contributed by atoms with E-state index in [0.29, 0.717) is 12.2 Å². The van der Waals surface area contributed by atoms with E-state index in [4.69, 9.17) is 10.6 Å². The quantitative estimate of drug-likeness (QED) is 0.625. The summed E-state index contributed by atoms with van der Waals surface area (Å²) in [4.78, 5) is 17.1. The van der Waals surface area contributed by atoms with E-state index in [1.807, 2.05) is 42.5 Å². The Hall–Kier alpha value is -3.34. The van der Waals surface area contributed by atoms with Crippen molar-refractivity contribution >= 4 is 11.6 Å². The highest BCUT2D eigenvalue weighted by molar-refractivity contribution is 6.03. The summed E-state index contributed by atoms with van der Waals surface area (Å²) in [5.74, 6) is -0.418. The summed E-state index contributed by atoms with van der Waals surface area (Å²) in [5.41, 5.74) is 12.5. The molecule has 1 heterocycles. The Labute approximate surface area is 177 Å². The topological polar surface area (TPSA) is 69.6 Å². The number of carbonyl (C=O) groups excluding carboxylic acids is 1. The van der Waals surface area contributed by atoms with Crippen molar-refractivity contribution < 1.29 is 9.63 Å². The normalized spacial score (nSPS) is 16.3. The molecule has 2 aromatic carbocycles. The fourth-order valence-electron chi connectivity index (χ4n) is 4.15. The molecule has 0 saturated carbocycles. The van der Waals surface area contributed by atoms with Crippen LogP contribution in [0, 0.1) is 12.3 Å². The SMILES string of the molecule is Cc1cc2c(n1-c1ccc(C(N)=O)cc1)CC(C)(C)CC2=NOCc1ccccc1. The van der Waals surface area contributed by atoms with E-state index in [1.54, 1.807) is 12.1 Å². The van der Waals surface area contributed by atoms with E-state index in [9.17, 15) is 4.79 Å². The minimum Gasteiger partial charge on any atom is -0.391 e. The van der Waals surface area contributed by atoms with Crippen molar-refractivity contribution in [2.45, 2.75) is 40.2 Å². The van der Waals surface area contributed by atoms with Crippen molar-refractivity contribution in [3.8, 4) is 5.69 Å². The summed E-state index contributed by atoms with van der Waals surface area (Å²) in [7, 11) is 0. The lowest BCUT2D eigenvalue weighted by Gasteiger charge is -2.31. The van der Waals surface area contributed by atoms with Gasteiger partial charge in [0.1, 0.15) is 6.61 Å². The number of hydrogen-bond acceptors (Lipinski definition) is 3. The molecule has 5 heteroatoms. The van der Waals surface area contributed by atoms with Crippen LogP contribution in [0.4, 0.5) is 0 Å². The number of amides is 1. The van der Waals surface area contributed by atoms with Gasteiger partial charge in [0.05, 0.1) is 5.71 Å². The summed E-state index contributed by atoms with van der Waals surface area (Å²) in [6.45, 7) is 7.06. The molecule has 4 rings (SSSR count). The number of hydrogen-bond donors (Lipinski definition) is 1. The third-order valence-electron chi connectivity index (χ3n) is 5.55. The lowest BCUT2D eigenvalue weighted by Crippen LogP contribution is -2.28. The van der Waals surface area contributed by atoms with Crippen LogP contribution in [0.2, 0.25) is 0 Å². The number of rotatable bonds is 5. The summed E-state index contributed by atoms with van der Waals surface area (Å²) in [5, 5.41) is 4.54. The van der Waals surface area contributed by atoms with Crippen LogP contribution >= 0.6 is 0 Å². The van der Waals surface area contributed by atoms with Gasteiger partial charge in [-0.15, -0.1) is 0 Å². The lowest BCUT2D eigenvalue weighted by molar-refractivity contribution is 0.100. The molecule has 30 heavy (non-hydrogen) atoms. The van der Waals surface area contributed by atoms with Gasteiger partial charge in [-0.05, 0) is 61.1 Å². The number of fused-ring (bicyclic) bond motifs is 1. The maximum Gasteiger partial charge on any atom is 0.248 e. The van der Waals surface area contributed by atoms with Gasteiger partial charge in [0.15, 0.2) is 0 Å². The largest absolute Gasteiger partial charge is 0.391 e. The van der Waals surface area contributed by atoms with Crippen LogP contribution in [0.5, 0.6) is 0 Å². The van der Waals surface area contributed by atoms with Crippen LogP contribution in [0.3, 0.4) is 0 Å². The van der Waals surface area contributed by atoms with Gasteiger partial charge in [-0.2, -0.15) is 0 Å². The predicted octanol–water partition coefficient (Wildman–Crippen LogP) is 4.78. The van der Waals surface area contributed by atoms with Crippen molar-refractivity contribution in [2.75, 3.05) is 0 Å². The monoisotopic (exact) mass is 401 g/mol. The Morgan fingerprint density at radius 2 is 1.80 bits per heavy atom. The van der Waals surface area contributed by atoms with Gasteiger partial charge in [-0.3, -0.25) is 4.79 Å². The fourth-order valence-corrected chi connectivity index (χ4v) is 4.15. The Bertz CT molecular complexity index is 1090. The average Bonchev–Trinajstić information content (AvgIpc) is 3.03. The van der Waals surface area contributed by atoms with E-state index >= 15 is 0 Å². The minimum absolute atomic E-state index is 0.0671. The van der Waals surface area contributed by atoms with Gasteiger partial charge in [0.2, 0.25) is 5.91 Å². The standard InChI is InChI=1S/C25H27N3O2/c1-17-13-21-22(27-30-16-18-7-5-4-6-8-18)14-25(2,3)15-23(21)28(17)20-11-9-19(10-12-20)24(26)29/h4-13H,14-16H2,1-3H3,(H2,26,29).